The summed E-state index contributed by atoms with van der Waals surface area (Å²) in [6, 6.07) is 19.1. The molecular formula is C29H31N3OS. The van der Waals surface area contributed by atoms with E-state index in [0.717, 1.165) is 29.3 Å². The molecule has 1 fully saturated rings. The summed E-state index contributed by atoms with van der Waals surface area (Å²) in [6.45, 7) is 4.31. The van der Waals surface area contributed by atoms with Gasteiger partial charge in [-0.25, -0.2) is 0 Å². The van der Waals surface area contributed by atoms with Crippen molar-refractivity contribution >= 4 is 33.7 Å². The second-order valence-corrected chi connectivity index (χ2v) is 10.7. The van der Waals surface area contributed by atoms with E-state index in [9.17, 15) is 4.79 Å². The molecule has 1 aliphatic carbocycles. The van der Waals surface area contributed by atoms with Gasteiger partial charge in [0.15, 0.2) is 0 Å². The molecule has 4 nitrogen and oxygen atoms in total. The fourth-order valence-corrected chi connectivity index (χ4v) is 6.82. The largest absolute Gasteiger partial charge is 0.309 e. The fraction of sp³-hybridized carbons (Fsp3) is 0.345. The summed E-state index contributed by atoms with van der Waals surface area (Å²) in [6.07, 6.45) is 5.05. The molecule has 0 saturated heterocycles. The van der Waals surface area contributed by atoms with Crippen LogP contribution in [-0.2, 0) is 17.3 Å². The summed E-state index contributed by atoms with van der Waals surface area (Å²) in [7, 11) is 1.94. The first-order valence-electron chi connectivity index (χ1n) is 12.1. The monoisotopic (exact) mass is 469 g/mol. The normalized spacial score (nSPS) is 23.7. The van der Waals surface area contributed by atoms with E-state index < -0.39 is 0 Å². The molecule has 5 rings (SSSR count). The van der Waals surface area contributed by atoms with Crippen LogP contribution in [0.3, 0.4) is 0 Å². The zero-order valence-electron chi connectivity index (χ0n) is 20.0. The standard InChI is InChI=1S/C29H31N3OS/c1-4-23-24(30)11-8-14-29(2,26-16-22(18-34-26)19-9-6-5-7-10-19)27(28(23)33)20-12-13-25-21(15-20)17-31-32(25)3/h5-7,9-10,12-13,15-18,23,27,30H,4,8,11,14H2,1-3H3/t23?,27-,29-/m1/s1. The number of fused-ring (bicyclic) bond motifs is 1. The maximum Gasteiger partial charge on any atom is 0.149 e. The van der Waals surface area contributed by atoms with Crippen LogP contribution in [0.5, 0.6) is 0 Å². The Morgan fingerprint density at radius 1 is 1.15 bits per heavy atom. The van der Waals surface area contributed by atoms with Crippen molar-refractivity contribution < 1.29 is 4.79 Å². The summed E-state index contributed by atoms with van der Waals surface area (Å²) >= 11 is 1.76. The Morgan fingerprint density at radius 3 is 2.71 bits per heavy atom. The number of benzene rings is 2. The molecule has 0 bridgehead atoms. The van der Waals surface area contributed by atoms with E-state index in [1.165, 1.54) is 16.0 Å². The Balaban J connectivity index is 1.66. The van der Waals surface area contributed by atoms with E-state index in [4.69, 9.17) is 5.41 Å². The SMILES string of the molecule is CCC1C(=N)CCC[C@](C)(c2cc(-c3ccccc3)cs2)[C@H](c2ccc3c(cnn3C)c2)C1=O. The number of hydrogen-bond donors (Lipinski definition) is 1. The van der Waals surface area contributed by atoms with Gasteiger partial charge in [-0.15, -0.1) is 11.3 Å². The number of aryl methyl sites for hydroxylation is 1. The molecule has 1 saturated carbocycles. The van der Waals surface area contributed by atoms with Crippen LogP contribution in [0.25, 0.3) is 22.0 Å². The van der Waals surface area contributed by atoms with E-state index in [1.807, 2.05) is 30.9 Å². The number of hydrogen-bond acceptors (Lipinski definition) is 4. The molecular weight excluding hydrogens is 438 g/mol. The first-order chi connectivity index (χ1) is 16.4. The van der Waals surface area contributed by atoms with Crippen molar-refractivity contribution in [3.05, 3.63) is 76.6 Å². The number of nitrogens with zero attached hydrogens (tertiary/aromatic N) is 2. The summed E-state index contributed by atoms with van der Waals surface area (Å²) in [5, 5.41) is 16.3. The lowest BCUT2D eigenvalue weighted by Crippen LogP contribution is -2.41. The van der Waals surface area contributed by atoms with Gasteiger partial charge in [0.05, 0.1) is 23.5 Å². The van der Waals surface area contributed by atoms with Crippen molar-refractivity contribution in [2.45, 2.75) is 50.9 Å². The second kappa shape index (κ2) is 8.95. The molecule has 0 amide bonds. The number of carbonyl (C=O) groups is 1. The summed E-state index contributed by atoms with van der Waals surface area (Å²) in [4.78, 5) is 15.4. The van der Waals surface area contributed by atoms with Crippen LogP contribution in [0, 0.1) is 11.3 Å². The van der Waals surface area contributed by atoms with Crippen LogP contribution < -0.4 is 0 Å². The summed E-state index contributed by atoms with van der Waals surface area (Å²) < 4.78 is 1.87. The van der Waals surface area contributed by atoms with E-state index in [-0.39, 0.29) is 23.0 Å². The highest BCUT2D eigenvalue weighted by atomic mass is 32.1. The second-order valence-electron chi connectivity index (χ2n) is 9.74. The third-order valence-corrected chi connectivity index (χ3v) is 8.82. The minimum Gasteiger partial charge on any atom is -0.309 e. The van der Waals surface area contributed by atoms with Gasteiger partial charge in [-0.1, -0.05) is 50.2 Å². The number of nitrogens with one attached hydrogen (secondary N) is 1. The Bertz CT molecular complexity index is 1350. The van der Waals surface area contributed by atoms with Crippen LogP contribution in [0.15, 0.2) is 66.2 Å². The van der Waals surface area contributed by atoms with Gasteiger partial charge in [0.2, 0.25) is 0 Å². The quantitative estimate of drug-likeness (QED) is 0.345. The molecule has 4 aromatic rings. The van der Waals surface area contributed by atoms with Crippen molar-refractivity contribution in [1.82, 2.24) is 9.78 Å². The maximum absolute atomic E-state index is 14.2. The first kappa shape index (κ1) is 22.7. The predicted octanol–water partition coefficient (Wildman–Crippen LogP) is 7.14. The molecule has 0 aliphatic heterocycles. The van der Waals surface area contributed by atoms with Crippen molar-refractivity contribution in [2.75, 3.05) is 0 Å². The minimum absolute atomic E-state index is 0.188. The van der Waals surface area contributed by atoms with Crippen LogP contribution in [0.4, 0.5) is 0 Å². The molecule has 174 valence electrons. The highest BCUT2D eigenvalue weighted by molar-refractivity contribution is 7.10. The summed E-state index contributed by atoms with van der Waals surface area (Å²) in [5.74, 6) is -0.430. The van der Waals surface area contributed by atoms with Gasteiger partial charge < -0.3 is 5.41 Å². The Hall–Kier alpha value is -3.05. The molecule has 5 heteroatoms. The molecule has 1 N–H and O–H groups in total. The third kappa shape index (κ3) is 3.82. The van der Waals surface area contributed by atoms with E-state index in [1.54, 1.807) is 11.3 Å². The van der Waals surface area contributed by atoms with E-state index >= 15 is 0 Å². The average Bonchev–Trinajstić information content (AvgIpc) is 3.47. The van der Waals surface area contributed by atoms with Crippen molar-refractivity contribution in [2.24, 2.45) is 13.0 Å². The number of Topliss-reactive ketones (excluding diaryl/α,β-unsaturated/α-hetero) is 1. The van der Waals surface area contributed by atoms with Gasteiger partial charge in [-0.2, -0.15) is 5.10 Å². The maximum atomic E-state index is 14.2. The Morgan fingerprint density at radius 2 is 1.94 bits per heavy atom. The Labute approximate surface area is 205 Å². The van der Waals surface area contributed by atoms with E-state index in [0.29, 0.717) is 18.6 Å². The van der Waals surface area contributed by atoms with Gasteiger partial charge >= 0.3 is 0 Å². The molecule has 2 aromatic heterocycles. The fourth-order valence-electron chi connectivity index (χ4n) is 5.68. The van der Waals surface area contributed by atoms with Gasteiger partial charge in [0.25, 0.3) is 0 Å². The predicted molar refractivity (Wildman–Crippen MR) is 141 cm³/mol. The zero-order valence-corrected chi connectivity index (χ0v) is 20.9. The molecule has 3 atom stereocenters. The van der Waals surface area contributed by atoms with Gasteiger partial charge in [-0.3, -0.25) is 9.48 Å². The molecule has 2 aromatic carbocycles. The number of thiophene rings is 1. The molecule has 1 aliphatic rings. The van der Waals surface area contributed by atoms with Gasteiger partial charge in [0, 0.05) is 28.4 Å². The lowest BCUT2D eigenvalue weighted by Gasteiger charge is -2.40. The lowest BCUT2D eigenvalue weighted by atomic mass is 9.63. The smallest absolute Gasteiger partial charge is 0.149 e. The molecule has 0 radical (unpaired) electrons. The number of carbonyl (C=O) groups excluding carboxylic acids is 1. The molecule has 1 unspecified atom stereocenters. The number of aromatic nitrogens is 2. The molecule has 0 spiro atoms. The number of ketones is 1. The van der Waals surface area contributed by atoms with Gasteiger partial charge in [0.1, 0.15) is 5.78 Å². The molecule has 34 heavy (non-hydrogen) atoms. The van der Waals surface area contributed by atoms with Crippen molar-refractivity contribution in [3.8, 4) is 11.1 Å². The van der Waals surface area contributed by atoms with Gasteiger partial charge in [-0.05, 0) is 66.0 Å². The Kier molecular flexibility index (Phi) is 5.98. The van der Waals surface area contributed by atoms with Crippen LogP contribution >= 0.6 is 11.3 Å². The average molecular weight is 470 g/mol. The van der Waals surface area contributed by atoms with Crippen molar-refractivity contribution in [1.29, 1.82) is 5.41 Å². The summed E-state index contributed by atoms with van der Waals surface area (Å²) in [5.41, 5.74) is 4.77. The zero-order chi connectivity index (χ0) is 23.9. The van der Waals surface area contributed by atoms with Crippen LogP contribution in [-0.4, -0.2) is 21.3 Å². The van der Waals surface area contributed by atoms with Crippen LogP contribution in [0.2, 0.25) is 0 Å². The lowest BCUT2D eigenvalue weighted by molar-refractivity contribution is -0.124. The minimum atomic E-state index is -0.335. The number of rotatable bonds is 4. The van der Waals surface area contributed by atoms with Crippen LogP contribution in [0.1, 0.15) is 55.9 Å². The highest BCUT2D eigenvalue weighted by Gasteiger charge is 2.46. The van der Waals surface area contributed by atoms with Crippen molar-refractivity contribution in [3.63, 3.8) is 0 Å². The topological polar surface area (TPSA) is 58.7 Å². The van der Waals surface area contributed by atoms with E-state index in [2.05, 4.69) is 65.9 Å². The highest BCUT2D eigenvalue weighted by Crippen LogP contribution is 2.49. The third-order valence-electron chi connectivity index (χ3n) is 7.61. The first-order valence-corrected chi connectivity index (χ1v) is 13.0. The molecule has 2 heterocycles.